The summed E-state index contributed by atoms with van der Waals surface area (Å²) >= 11 is 3.54. The maximum atomic E-state index is 8.64. The van der Waals surface area contributed by atoms with E-state index in [0.717, 1.165) is 24.1 Å². The van der Waals surface area contributed by atoms with E-state index in [2.05, 4.69) is 33.0 Å². The minimum atomic E-state index is 0.550. The smallest absolute Gasteiger partial charge is 0.0635 e. The molecule has 0 amide bonds. The van der Waals surface area contributed by atoms with E-state index in [0.29, 0.717) is 13.0 Å². The zero-order valence-corrected chi connectivity index (χ0v) is 11.6. The zero-order chi connectivity index (χ0) is 12.5. The van der Waals surface area contributed by atoms with Crippen molar-refractivity contribution in [2.24, 2.45) is 0 Å². The second kappa shape index (κ2) is 8.24. The Balaban J connectivity index is 2.58. The van der Waals surface area contributed by atoms with E-state index in [1.807, 2.05) is 18.2 Å². The van der Waals surface area contributed by atoms with Crippen molar-refractivity contribution < 1.29 is 4.74 Å². The van der Waals surface area contributed by atoms with Crippen molar-refractivity contribution in [3.63, 3.8) is 0 Å². The number of hydrogen-bond acceptors (Lipinski definition) is 3. The van der Waals surface area contributed by atoms with Gasteiger partial charge < -0.3 is 4.74 Å². The van der Waals surface area contributed by atoms with Gasteiger partial charge in [-0.05, 0) is 11.6 Å². The van der Waals surface area contributed by atoms with Crippen LogP contribution < -0.4 is 0 Å². The first-order chi connectivity index (χ1) is 8.27. The third kappa shape index (κ3) is 5.31. The Kier molecular flexibility index (Phi) is 6.87. The SMILES string of the molecule is COCCN(CCC#N)Cc1ccccc1Br. The van der Waals surface area contributed by atoms with Crippen LogP contribution in [0.2, 0.25) is 0 Å². The molecular formula is C13H17BrN2O. The molecule has 1 aromatic carbocycles. The topological polar surface area (TPSA) is 36.3 Å². The third-order valence-corrected chi connectivity index (χ3v) is 3.28. The van der Waals surface area contributed by atoms with Crippen molar-refractivity contribution in [1.82, 2.24) is 4.90 Å². The number of methoxy groups -OCH3 is 1. The summed E-state index contributed by atoms with van der Waals surface area (Å²) in [5.74, 6) is 0. The molecule has 0 aliphatic rings. The van der Waals surface area contributed by atoms with Gasteiger partial charge in [0.25, 0.3) is 0 Å². The van der Waals surface area contributed by atoms with Gasteiger partial charge in [-0.1, -0.05) is 34.1 Å². The number of nitriles is 1. The second-order valence-electron chi connectivity index (χ2n) is 3.77. The standard InChI is InChI=1S/C13H17BrN2O/c1-17-10-9-16(8-4-7-15)11-12-5-2-3-6-13(12)14/h2-3,5-6H,4,8-11H2,1H3. The summed E-state index contributed by atoms with van der Waals surface area (Å²) in [5, 5.41) is 8.64. The first kappa shape index (κ1) is 14.2. The molecule has 0 N–H and O–H groups in total. The maximum absolute atomic E-state index is 8.64. The van der Waals surface area contributed by atoms with E-state index in [1.54, 1.807) is 7.11 Å². The van der Waals surface area contributed by atoms with Gasteiger partial charge in [0, 0.05) is 37.6 Å². The number of nitrogens with zero attached hydrogens (tertiary/aromatic N) is 2. The number of benzene rings is 1. The first-order valence-corrected chi connectivity index (χ1v) is 6.39. The Morgan fingerprint density at radius 1 is 1.35 bits per heavy atom. The molecule has 0 radical (unpaired) electrons. The lowest BCUT2D eigenvalue weighted by Crippen LogP contribution is -2.28. The predicted octanol–water partition coefficient (Wildman–Crippen LogP) is 2.81. The fraction of sp³-hybridized carbons (Fsp3) is 0.462. The summed E-state index contributed by atoms with van der Waals surface area (Å²) in [5.41, 5.74) is 1.24. The van der Waals surface area contributed by atoms with Crippen LogP contribution in [0, 0.1) is 11.3 Å². The third-order valence-electron chi connectivity index (χ3n) is 2.50. The van der Waals surface area contributed by atoms with Crippen molar-refractivity contribution in [2.45, 2.75) is 13.0 Å². The molecule has 0 saturated heterocycles. The summed E-state index contributed by atoms with van der Waals surface area (Å²) in [6.07, 6.45) is 0.550. The lowest BCUT2D eigenvalue weighted by atomic mass is 10.2. The molecule has 1 aromatic rings. The molecular weight excluding hydrogens is 280 g/mol. The molecule has 0 saturated carbocycles. The van der Waals surface area contributed by atoms with Gasteiger partial charge in [-0.25, -0.2) is 0 Å². The monoisotopic (exact) mass is 296 g/mol. The Bertz CT molecular complexity index is 376. The minimum absolute atomic E-state index is 0.550. The molecule has 0 aliphatic heterocycles. The fourth-order valence-electron chi connectivity index (χ4n) is 1.57. The summed E-state index contributed by atoms with van der Waals surface area (Å²) in [4.78, 5) is 2.23. The number of hydrogen-bond donors (Lipinski definition) is 0. The van der Waals surface area contributed by atoms with Crippen LogP contribution in [-0.4, -0.2) is 31.7 Å². The van der Waals surface area contributed by atoms with Crippen molar-refractivity contribution in [1.29, 1.82) is 5.26 Å². The number of ether oxygens (including phenoxy) is 1. The van der Waals surface area contributed by atoms with Gasteiger partial charge in [-0.3, -0.25) is 4.90 Å². The van der Waals surface area contributed by atoms with E-state index >= 15 is 0 Å². The zero-order valence-electron chi connectivity index (χ0n) is 10.0. The van der Waals surface area contributed by atoms with Gasteiger partial charge in [0.05, 0.1) is 12.7 Å². The van der Waals surface area contributed by atoms with E-state index in [9.17, 15) is 0 Å². The average molecular weight is 297 g/mol. The highest BCUT2D eigenvalue weighted by atomic mass is 79.9. The molecule has 0 spiro atoms. The highest BCUT2D eigenvalue weighted by Crippen LogP contribution is 2.17. The molecule has 0 fully saturated rings. The molecule has 17 heavy (non-hydrogen) atoms. The molecule has 0 heterocycles. The molecule has 92 valence electrons. The summed E-state index contributed by atoms with van der Waals surface area (Å²) in [7, 11) is 1.70. The predicted molar refractivity (Wildman–Crippen MR) is 71.5 cm³/mol. The van der Waals surface area contributed by atoms with Gasteiger partial charge >= 0.3 is 0 Å². The number of rotatable bonds is 7. The van der Waals surface area contributed by atoms with Crippen LogP contribution in [0.5, 0.6) is 0 Å². The summed E-state index contributed by atoms with van der Waals surface area (Å²) in [6, 6.07) is 10.3. The summed E-state index contributed by atoms with van der Waals surface area (Å²) in [6.45, 7) is 3.16. The highest BCUT2D eigenvalue weighted by molar-refractivity contribution is 9.10. The van der Waals surface area contributed by atoms with Gasteiger partial charge in [0.15, 0.2) is 0 Å². The highest BCUT2D eigenvalue weighted by Gasteiger charge is 2.07. The van der Waals surface area contributed by atoms with Gasteiger partial charge in [-0.15, -0.1) is 0 Å². The van der Waals surface area contributed by atoms with E-state index in [-0.39, 0.29) is 0 Å². The van der Waals surface area contributed by atoms with E-state index in [4.69, 9.17) is 10.00 Å². The van der Waals surface area contributed by atoms with Gasteiger partial charge in [0.2, 0.25) is 0 Å². The van der Waals surface area contributed by atoms with Gasteiger partial charge in [-0.2, -0.15) is 5.26 Å². The molecule has 0 unspecified atom stereocenters. The van der Waals surface area contributed by atoms with E-state index in [1.165, 1.54) is 5.56 Å². The lowest BCUT2D eigenvalue weighted by Gasteiger charge is -2.21. The van der Waals surface area contributed by atoms with Crippen LogP contribution >= 0.6 is 15.9 Å². The molecule has 1 rings (SSSR count). The summed E-state index contributed by atoms with van der Waals surface area (Å²) < 4.78 is 6.19. The Morgan fingerprint density at radius 2 is 2.12 bits per heavy atom. The first-order valence-electron chi connectivity index (χ1n) is 5.59. The van der Waals surface area contributed by atoms with Crippen LogP contribution in [0.15, 0.2) is 28.7 Å². The van der Waals surface area contributed by atoms with E-state index < -0.39 is 0 Å². The van der Waals surface area contributed by atoms with Gasteiger partial charge in [0.1, 0.15) is 0 Å². The van der Waals surface area contributed by atoms with Crippen molar-refractivity contribution in [2.75, 3.05) is 26.8 Å². The molecule has 0 bridgehead atoms. The molecule has 0 aromatic heterocycles. The Labute approximate surface area is 111 Å². The lowest BCUT2D eigenvalue weighted by molar-refractivity contribution is 0.145. The normalized spacial score (nSPS) is 10.5. The Hall–Kier alpha value is -0.890. The minimum Gasteiger partial charge on any atom is -0.383 e. The van der Waals surface area contributed by atoms with Crippen LogP contribution in [0.3, 0.4) is 0 Å². The average Bonchev–Trinajstić information content (AvgIpc) is 2.35. The van der Waals surface area contributed by atoms with Crippen LogP contribution in [0.4, 0.5) is 0 Å². The second-order valence-corrected chi connectivity index (χ2v) is 4.62. The number of halogens is 1. The van der Waals surface area contributed by atoms with Crippen molar-refractivity contribution in [3.05, 3.63) is 34.3 Å². The van der Waals surface area contributed by atoms with Crippen LogP contribution in [0.25, 0.3) is 0 Å². The quantitative estimate of drug-likeness (QED) is 0.776. The maximum Gasteiger partial charge on any atom is 0.0635 e. The molecule has 3 nitrogen and oxygen atoms in total. The van der Waals surface area contributed by atoms with Crippen molar-refractivity contribution in [3.8, 4) is 6.07 Å². The fourth-order valence-corrected chi connectivity index (χ4v) is 1.98. The molecule has 4 heteroatoms. The largest absolute Gasteiger partial charge is 0.383 e. The van der Waals surface area contributed by atoms with Crippen LogP contribution in [0.1, 0.15) is 12.0 Å². The Morgan fingerprint density at radius 3 is 2.76 bits per heavy atom. The van der Waals surface area contributed by atoms with Crippen molar-refractivity contribution >= 4 is 15.9 Å². The molecule has 0 aliphatic carbocycles. The molecule has 0 atom stereocenters. The van der Waals surface area contributed by atoms with Crippen LogP contribution in [-0.2, 0) is 11.3 Å².